The smallest absolute Gasteiger partial charge is 0.229 e. The molecule has 0 atom stereocenters. The fourth-order valence-electron chi connectivity index (χ4n) is 4.78. The van der Waals surface area contributed by atoms with Crippen molar-refractivity contribution in [2.24, 2.45) is 0 Å². The number of aromatic nitrogens is 14. The number of aryl methyl sites for hydroxylation is 4. The Hall–Kier alpha value is -6.36. The van der Waals surface area contributed by atoms with Crippen molar-refractivity contribution in [2.45, 2.75) is 60.3 Å². The van der Waals surface area contributed by atoms with Crippen LogP contribution in [0, 0.1) is 10.2 Å². The van der Waals surface area contributed by atoms with E-state index >= 15 is 0 Å². The molecule has 51 heavy (non-hydrogen) atoms. The first kappa shape index (κ1) is 35.9. The summed E-state index contributed by atoms with van der Waals surface area (Å²) >= 11 is 2.45. The molecule has 0 unspecified atom stereocenters. The lowest BCUT2D eigenvalue weighted by Crippen LogP contribution is -2.04. The zero-order chi connectivity index (χ0) is 36.3. The van der Waals surface area contributed by atoms with Crippen LogP contribution in [0.5, 0.6) is 0 Å². The van der Waals surface area contributed by atoms with Gasteiger partial charge in [-0.25, -0.2) is 19.9 Å². The van der Waals surface area contributed by atoms with Crippen molar-refractivity contribution in [1.82, 2.24) is 68.6 Å². The van der Waals surface area contributed by atoms with Gasteiger partial charge in [0, 0.05) is 73.3 Å². The number of nitrogens with two attached hydrogens (primary N) is 2. The Morgan fingerprint density at radius 1 is 0.706 bits per heavy atom. The van der Waals surface area contributed by atoms with Crippen molar-refractivity contribution >= 4 is 61.9 Å². The van der Waals surface area contributed by atoms with E-state index in [-0.39, 0.29) is 0 Å². The van der Waals surface area contributed by atoms with Gasteiger partial charge in [-0.2, -0.15) is 30.6 Å². The second kappa shape index (κ2) is 16.8. The molecule has 0 saturated heterocycles. The minimum absolute atomic E-state index is 0.343. The highest BCUT2D eigenvalue weighted by Gasteiger charge is 2.15. The lowest BCUT2D eigenvalue weighted by Gasteiger charge is -2.07. The molecule has 0 aliphatic rings. The van der Waals surface area contributed by atoms with E-state index in [1.165, 1.54) is 0 Å². The van der Waals surface area contributed by atoms with Crippen LogP contribution in [-0.2, 0) is 32.6 Å². The van der Waals surface area contributed by atoms with Crippen LogP contribution in [-0.4, -0.2) is 68.6 Å². The summed E-state index contributed by atoms with van der Waals surface area (Å²) in [6, 6.07) is 0. The van der Waals surface area contributed by atoms with Crippen molar-refractivity contribution in [2.75, 3.05) is 22.1 Å². The lowest BCUT2D eigenvalue weighted by molar-refractivity contribution is 0.659. The molecule has 0 spiro atoms. The monoisotopic (exact) mass is 755 g/mol. The molecule has 0 fully saturated rings. The Morgan fingerprint density at radius 2 is 1.29 bits per heavy atom. The number of hydrogen-bond acceptors (Lipinski definition) is 14. The summed E-state index contributed by atoms with van der Waals surface area (Å²) in [7, 11) is 0. The highest BCUT2D eigenvalue weighted by Crippen LogP contribution is 2.23. The van der Waals surface area contributed by atoms with Crippen molar-refractivity contribution in [3.8, 4) is 10.7 Å². The van der Waals surface area contributed by atoms with Gasteiger partial charge in [0.2, 0.25) is 11.9 Å². The Kier molecular flexibility index (Phi) is 11.9. The molecule has 7 aromatic rings. The predicted molar refractivity (Wildman–Crippen MR) is 197 cm³/mol. The number of nitrogen functional groups attached to an aromatic ring is 2. The van der Waals surface area contributed by atoms with Gasteiger partial charge in [0.05, 0.1) is 59.9 Å². The van der Waals surface area contributed by atoms with Gasteiger partial charge in [0.1, 0.15) is 16.3 Å². The van der Waals surface area contributed by atoms with Crippen molar-refractivity contribution in [1.29, 1.82) is 5.26 Å². The molecule has 0 saturated carbocycles. The van der Waals surface area contributed by atoms with E-state index in [9.17, 15) is 0 Å². The van der Waals surface area contributed by atoms with E-state index in [0.29, 0.717) is 46.8 Å². The number of anilines is 6. The molecule has 0 amide bonds. The van der Waals surface area contributed by atoms with Gasteiger partial charge in [-0.05, 0) is 33.3 Å². The normalized spacial score (nSPS) is 10.6. The Balaban J connectivity index is 0.000000184. The topological polar surface area (TPSA) is 241 Å². The molecule has 6 N–H and O–H groups in total. The zero-order valence-corrected chi connectivity index (χ0v) is 30.1. The number of hydrogen-bond donors (Lipinski definition) is 4. The Bertz CT molecular complexity index is 2210. The summed E-state index contributed by atoms with van der Waals surface area (Å²) in [5.74, 6) is 2.08. The quantitative estimate of drug-likeness (QED) is 0.144. The van der Waals surface area contributed by atoms with Gasteiger partial charge in [0.25, 0.3) is 0 Å². The van der Waals surface area contributed by atoms with Crippen LogP contribution in [0.15, 0.2) is 62.0 Å². The highest BCUT2D eigenvalue weighted by atomic mass is 79.9. The highest BCUT2D eigenvalue weighted by molar-refractivity contribution is 9.12. The zero-order valence-electron chi connectivity index (χ0n) is 28.5. The predicted octanol–water partition coefficient (Wildman–Crippen LogP) is 4.26. The molecule has 19 nitrogen and oxygen atoms in total. The minimum Gasteiger partial charge on any atom is -0.394 e. The summed E-state index contributed by atoms with van der Waals surface area (Å²) < 4.78 is 9.11. The molecule has 0 aromatic carbocycles. The third-order valence-corrected chi connectivity index (χ3v) is 7.30. The number of nitriles is 1. The summed E-state index contributed by atoms with van der Waals surface area (Å²) in [5, 5.41) is 30.6. The maximum absolute atomic E-state index is 7.24. The van der Waals surface area contributed by atoms with Gasteiger partial charge in [-0.1, -0.05) is 0 Å². The largest absolute Gasteiger partial charge is 0.394 e. The number of fused-ring (bicyclic) bond motifs is 1. The summed E-state index contributed by atoms with van der Waals surface area (Å²) in [4.78, 5) is 23.6. The fourth-order valence-corrected chi connectivity index (χ4v) is 4.78. The van der Waals surface area contributed by atoms with Crippen LogP contribution >= 0.6 is 15.9 Å². The molecule has 0 radical (unpaired) electrons. The first-order chi connectivity index (χ1) is 24.8. The Labute approximate surface area is 301 Å². The number of rotatable bonds is 11. The van der Waals surface area contributed by atoms with Crippen LogP contribution in [0.1, 0.15) is 39.1 Å². The van der Waals surface area contributed by atoms with Crippen LogP contribution in [0.2, 0.25) is 0 Å². The first-order valence-electron chi connectivity index (χ1n) is 16.0. The van der Waals surface area contributed by atoms with Gasteiger partial charge >= 0.3 is 0 Å². The molecule has 0 bridgehead atoms. The standard InChI is InChI=1S/C15H18N10.C15H20N8.CBrN/c1-3-23-8-10(5-18-23)20-15-17-7-12-13(22-15)25(14(16)21-12)11-6-19-24(4-2)9-11;1-3-22-9-11(6-18-22)5-14-17-8-13(16)15(21-14)20-12-7-19-23(4-2)10-12;2-1-3/h5-9H,3-4H2,1-2H3,(H2,16,21)(H,17,20,22);6-10H,3-5,16H2,1-2H3,(H,17,20,21);. The summed E-state index contributed by atoms with van der Waals surface area (Å²) in [6.45, 7) is 11.4. The van der Waals surface area contributed by atoms with Crippen LogP contribution in [0.3, 0.4) is 0 Å². The number of nitrogens with one attached hydrogen (secondary N) is 2. The van der Waals surface area contributed by atoms with Crippen molar-refractivity contribution in [3.05, 3.63) is 73.4 Å². The van der Waals surface area contributed by atoms with Gasteiger partial charge in [0.15, 0.2) is 11.5 Å². The van der Waals surface area contributed by atoms with Gasteiger partial charge < -0.3 is 22.1 Å². The molecule has 264 valence electrons. The van der Waals surface area contributed by atoms with Crippen molar-refractivity contribution < 1.29 is 0 Å². The van der Waals surface area contributed by atoms with Gasteiger partial charge in [-0.15, -0.1) is 0 Å². The second-order valence-corrected chi connectivity index (χ2v) is 11.1. The summed E-state index contributed by atoms with van der Waals surface area (Å²) in [6.07, 6.45) is 18.6. The maximum Gasteiger partial charge on any atom is 0.229 e. The number of imidazole rings is 1. The molecule has 0 aliphatic heterocycles. The molecular formula is C31H38BrN19. The molecular weight excluding hydrogens is 718 g/mol. The second-order valence-electron chi connectivity index (χ2n) is 10.7. The number of nitrogens with zero attached hydrogens (tertiary/aromatic N) is 15. The SMILES string of the molecule is CCn1cc(Cc2ncc(N)c(Nc3cnn(CC)c3)n2)cn1.CCn1cc(Nc2ncc3nc(N)n(-c4cnn(CC)c4)c3n2)cn1.N#CBr. The molecule has 20 heteroatoms. The van der Waals surface area contributed by atoms with Crippen LogP contribution in [0.25, 0.3) is 16.9 Å². The Morgan fingerprint density at radius 3 is 1.90 bits per heavy atom. The van der Waals surface area contributed by atoms with E-state index in [4.69, 9.17) is 16.7 Å². The van der Waals surface area contributed by atoms with Gasteiger partial charge in [-0.3, -0.25) is 23.3 Å². The first-order valence-corrected chi connectivity index (χ1v) is 16.8. The van der Waals surface area contributed by atoms with Crippen molar-refractivity contribution in [3.63, 3.8) is 0 Å². The molecule has 0 aliphatic carbocycles. The summed E-state index contributed by atoms with van der Waals surface area (Å²) in [5.41, 5.74) is 17.3. The lowest BCUT2D eigenvalue weighted by atomic mass is 10.2. The van der Waals surface area contributed by atoms with Crippen LogP contribution in [0.4, 0.5) is 34.8 Å². The minimum atomic E-state index is 0.343. The molecule has 7 aromatic heterocycles. The van der Waals surface area contributed by atoms with E-state index < -0.39 is 0 Å². The third kappa shape index (κ3) is 9.01. The third-order valence-electron chi connectivity index (χ3n) is 7.30. The van der Waals surface area contributed by atoms with E-state index in [1.54, 1.807) is 40.5 Å². The van der Waals surface area contributed by atoms with Crippen LogP contribution < -0.4 is 22.1 Å². The maximum atomic E-state index is 7.24. The van der Waals surface area contributed by atoms with E-state index in [2.05, 4.69) is 78.8 Å². The molecule has 7 rings (SSSR count). The fraction of sp³-hybridized carbons (Fsp3) is 0.290. The average molecular weight is 757 g/mol. The van der Waals surface area contributed by atoms with E-state index in [0.717, 1.165) is 48.8 Å². The average Bonchev–Trinajstić information content (AvgIpc) is 3.98. The van der Waals surface area contributed by atoms with E-state index in [1.807, 2.05) is 70.5 Å². The molecule has 7 heterocycles. The number of halogens is 1.